The highest BCUT2D eigenvalue weighted by Crippen LogP contribution is 2.24. The van der Waals surface area contributed by atoms with Gasteiger partial charge >= 0.3 is 5.97 Å². The van der Waals surface area contributed by atoms with Gasteiger partial charge < -0.3 is 14.2 Å². The molecular weight excluding hydrogens is 366 g/mol. The molecule has 29 heavy (non-hydrogen) atoms. The molecule has 3 aromatic rings. The monoisotopic (exact) mass is 391 g/mol. The molecule has 1 fully saturated rings. The normalized spacial score (nSPS) is 14.9. The van der Waals surface area contributed by atoms with E-state index in [1.165, 1.54) is 12.6 Å². The Morgan fingerprint density at radius 1 is 1.03 bits per heavy atom. The van der Waals surface area contributed by atoms with Gasteiger partial charge in [0.05, 0.1) is 23.7 Å². The molecule has 2 aromatic carbocycles. The molecule has 6 heteroatoms. The minimum atomic E-state index is -0.396. The first-order chi connectivity index (χ1) is 14.1. The third-order valence-electron chi connectivity index (χ3n) is 5.74. The average molecular weight is 391 g/mol. The summed E-state index contributed by atoms with van der Waals surface area (Å²) in [5.74, 6) is 1.18. The molecule has 0 saturated carbocycles. The summed E-state index contributed by atoms with van der Waals surface area (Å²) in [7, 11) is 1.35. The smallest absolute Gasteiger partial charge is 0.337 e. The number of piperidine rings is 1. The van der Waals surface area contributed by atoms with Crippen LogP contribution in [0.3, 0.4) is 0 Å². The van der Waals surface area contributed by atoms with Crippen LogP contribution in [-0.2, 0) is 11.3 Å². The first kappa shape index (κ1) is 19.2. The second-order valence-corrected chi connectivity index (χ2v) is 7.56. The van der Waals surface area contributed by atoms with E-state index in [0.717, 1.165) is 43.8 Å². The van der Waals surface area contributed by atoms with Crippen LogP contribution in [0.2, 0.25) is 0 Å². The van der Waals surface area contributed by atoms with E-state index in [0.29, 0.717) is 17.0 Å². The number of likely N-dealkylation sites (tertiary alicyclic amines) is 1. The maximum atomic E-state index is 12.8. The molecule has 0 N–H and O–H groups in total. The van der Waals surface area contributed by atoms with Crippen molar-refractivity contribution in [3.63, 3.8) is 0 Å². The Bertz CT molecular complexity index is 1030. The predicted molar refractivity (Wildman–Crippen MR) is 111 cm³/mol. The molecule has 0 bridgehead atoms. The summed E-state index contributed by atoms with van der Waals surface area (Å²) in [5.41, 5.74) is 3.26. The average Bonchev–Trinajstić information content (AvgIpc) is 3.08. The zero-order valence-electron chi connectivity index (χ0n) is 16.8. The number of carbonyl (C=O) groups is 2. The van der Waals surface area contributed by atoms with Crippen LogP contribution in [-0.4, -0.2) is 46.5 Å². The highest BCUT2D eigenvalue weighted by atomic mass is 16.5. The molecule has 0 radical (unpaired) electrons. The molecule has 1 saturated heterocycles. The molecule has 150 valence electrons. The number of rotatable bonds is 4. The topological polar surface area (TPSA) is 64.4 Å². The summed E-state index contributed by atoms with van der Waals surface area (Å²) in [5, 5.41) is 0. The van der Waals surface area contributed by atoms with Gasteiger partial charge in [0.15, 0.2) is 0 Å². The fourth-order valence-electron chi connectivity index (χ4n) is 4.05. The van der Waals surface area contributed by atoms with Gasteiger partial charge in [-0.15, -0.1) is 0 Å². The molecule has 1 aliphatic rings. The van der Waals surface area contributed by atoms with E-state index in [1.54, 1.807) is 24.3 Å². The van der Waals surface area contributed by atoms with Crippen LogP contribution < -0.4 is 0 Å². The number of amides is 1. The Kier molecular flexibility index (Phi) is 5.34. The lowest BCUT2D eigenvalue weighted by molar-refractivity contribution is 0.0599. The van der Waals surface area contributed by atoms with Gasteiger partial charge in [-0.1, -0.05) is 12.1 Å². The molecule has 0 aliphatic carbocycles. The number of carbonyl (C=O) groups excluding carboxylic acids is 2. The third-order valence-corrected chi connectivity index (χ3v) is 5.74. The molecule has 1 amide bonds. The van der Waals surface area contributed by atoms with Gasteiger partial charge in [-0.2, -0.15) is 0 Å². The highest BCUT2D eigenvalue weighted by Gasteiger charge is 2.25. The van der Waals surface area contributed by atoms with Gasteiger partial charge in [0.25, 0.3) is 5.91 Å². The van der Waals surface area contributed by atoms with Crippen LogP contribution in [0.25, 0.3) is 11.0 Å². The van der Waals surface area contributed by atoms with Crippen molar-refractivity contribution in [2.45, 2.75) is 26.3 Å². The van der Waals surface area contributed by atoms with Crippen molar-refractivity contribution in [1.29, 1.82) is 0 Å². The summed E-state index contributed by atoms with van der Waals surface area (Å²) in [4.78, 5) is 30.9. The number of nitrogens with zero attached hydrogens (tertiary/aromatic N) is 3. The van der Waals surface area contributed by atoms with Crippen LogP contribution in [0.5, 0.6) is 0 Å². The van der Waals surface area contributed by atoms with E-state index in [9.17, 15) is 9.59 Å². The minimum Gasteiger partial charge on any atom is -0.465 e. The van der Waals surface area contributed by atoms with Crippen molar-refractivity contribution in [1.82, 2.24) is 14.5 Å². The highest BCUT2D eigenvalue weighted by molar-refractivity contribution is 5.96. The number of ether oxygens (including phenoxy) is 1. The lowest BCUT2D eigenvalue weighted by atomic mass is 9.96. The molecular formula is C23H25N3O3. The second kappa shape index (κ2) is 8.07. The number of aryl methyl sites for hydroxylation is 1. The zero-order valence-corrected chi connectivity index (χ0v) is 16.8. The molecule has 4 rings (SSSR count). The van der Waals surface area contributed by atoms with Crippen molar-refractivity contribution in [3.05, 3.63) is 65.5 Å². The Morgan fingerprint density at radius 3 is 2.38 bits per heavy atom. The molecule has 1 aliphatic heterocycles. The number of methoxy groups -OCH3 is 1. The van der Waals surface area contributed by atoms with E-state index in [2.05, 4.69) is 22.5 Å². The maximum absolute atomic E-state index is 12.8. The molecule has 0 unspecified atom stereocenters. The first-order valence-electron chi connectivity index (χ1n) is 9.96. The Hall–Kier alpha value is -3.15. The van der Waals surface area contributed by atoms with E-state index in [4.69, 9.17) is 4.74 Å². The van der Waals surface area contributed by atoms with Gasteiger partial charge in [0.2, 0.25) is 0 Å². The van der Waals surface area contributed by atoms with Crippen LogP contribution in [0.4, 0.5) is 0 Å². The van der Waals surface area contributed by atoms with Gasteiger partial charge in [0.1, 0.15) is 5.82 Å². The maximum Gasteiger partial charge on any atom is 0.337 e. The fraction of sp³-hybridized carbons (Fsp3) is 0.348. The number of fused-ring (bicyclic) bond motifs is 1. The fourth-order valence-corrected chi connectivity index (χ4v) is 4.05. The Balaban J connectivity index is 1.38. The number of hydrogen-bond donors (Lipinski definition) is 0. The Morgan fingerprint density at radius 2 is 1.69 bits per heavy atom. The molecule has 1 aromatic heterocycles. The molecule has 0 atom stereocenters. The number of benzene rings is 2. The standard InChI is InChI=1S/C23H25N3O3/c1-16-24-20-5-3-4-6-21(20)26(16)15-17-11-13-25(14-12-17)22(27)18-7-9-19(10-8-18)23(28)29-2/h3-10,17H,11-15H2,1-2H3. The van der Waals surface area contributed by atoms with Gasteiger partial charge in [-0.3, -0.25) is 4.79 Å². The number of aromatic nitrogens is 2. The number of hydrogen-bond acceptors (Lipinski definition) is 4. The van der Waals surface area contributed by atoms with Crippen LogP contribution in [0.15, 0.2) is 48.5 Å². The summed E-state index contributed by atoms with van der Waals surface area (Å²) < 4.78 is 7.00. The summed E-state index contributed by atoms with van der Waals surface area (Å²) in [6, 6.07) is 14.9. The van der Waals surface area contributed by atoms with Crippen molar-refractivity contribution >= 4 is 22.9 Å². The van der Waals surface area contributed by atoms with Crippen LogP contribution in [0, 0.1) is 12.8 Å². The summed E-state index contributed by atoms with van der Waals surface area (Å²) in [6.07, 6.45) is 1.94. The van der Waals surface area contributed by atoms with Crippen LogP contribution >= 0.6 is 0 Å². The van der Waals surface area contributed by atoms with E-state index < -0.39 is 5.97 Å². The van der Waals surface area contributed by atoms with Crippen molar-refractivity contribution in [2.24, 2.45) is 5.92 Å². The van der Waals surface area contributed by atoms with Gasteiger partial charge in [0, 0.05) is 25.2 Å². The quantitative estimate of drug-likeness (QED) is 0.637. The van der Waals surface area contributed by atoms with E-state index >= 15 is 0 Å². The Labute approximate surface area is 170 Å². The van der Waals surface area contributed by atoms with Gasteiger partial charge in [-0.05, 0) is 62.1 Å². The van der Waals surface area contributed by atoms with E-state index in [1.807, 2.05) is 23.1 Å². The summed E-state index contributed by atoms with van der Waals surface area (Å²) in [6.45, 7) is 4.47. The minimum absolute atomic E-state index is 0.0177. The number of esters is 1. The summed E-state index contributed by atoms with van der Waals surface area (Å²) >= 11 is 0. The zero-order chi connectivity index (χ0) is 20.4. The predicted octanol–water partition coefficient (Wildman–Crippen LogP) is 3.68. The molecule has 2 heterocycles. The van der Waals surface area contributed by atoms with Crippen molar-refractivity contribution in [3.8, 4) is 0 Å². The molecule has 0 spiro atoms. The number of imidazole rings is 1. The van der Waals surface area contributed by atoms with Crippen molar-refractivity contribution in [2.75, 3.05) is 20.2 Å². The number of para-hydroxylation sites is 2. The van der Waals surface area contributed by atoms with Crippen LogP contribution in [0.1, 0.15) is 39.4 Å². The third kappa shape index (κ3) is 3.88. The largest absolute Gasteiger partial charge is 0.465 e. The lowest BCUT2D eigenvalue weighted by Gasteiger charge is -2.32. The first-order valence-corrected chi connectivity index (χ1v) is 9.96. The SMILES string of the molecule is COC(=O)c1ccc(C(=O)N2CCC(Cn3c(C)nc4ccccc43)CC2)cc1. The van der Waals surface area contributed by atoms with Gasteiger partial charge in [-0.25, -0.2) is 9.78 Å². The lowest BCUT2D eigenvalue weighted by Crippen LogP contribution is -2.39. The van der Waals surface area contributed by atoms with Crippen molar-refractivity contribution < 1.29 is 14.3 Å². The molecule has 6 nitrogen and oxygen atoms in total. The second-order valence-electron chi connectivity index (χ2n) is 7.56. The van der Waals surface area contributed by atoms with E-state index in [-0.39, 0.29) is 5.91 Å².